The molecule has 2 aliphatic rings. The molecule has 2 rings (SSSR count). The fraction of sp³-hybridized carbons (Fsp3) is 1.00. The molecule has 16 heavy (non-hydrogen) atoms. The van der Waals surface area contributed by atoms with E-state index >= 15 is 0 Å². The van der Waals surface area contributed by atoms with Crippen LogP contribution in [0.1, 0.15) is 71.1 Å². The molecule has 0 aromatic carbocycles. The van der Waals surface area contributed by atoms with Crippen molar-refractivity contribution >= 4 is 0 Å². The Labute approximate surface area is 101 Å². The van der Waals surface area contributed by atoms with Crippen LogP contribution in [0.15, 0.2) is 0 Å². The van der Waals surface area contributed by atoms with Crippen LogP contribution < -0.4 is 5.32 Å². The van der Waals surface area contributed by atoms with Gasteiger partial charge in [-0.3, -0.25) is 0 Å². The molecule has 0 spiro atoms. The zero-order valence-corrected chi connectivity index (χ0v) is 11.1. The number of hydrogen-bond donors (Lipinski definition) is 1. The van der Waals surface area contributed by atoms with E-state index in [4.69, 9.17) is 0 Å². The lowest BCUT2D eigenvalue weighted by molar-refractivity contribution is 0.0665. The summed E-state index contributed by atoms with van der Waals surface area (Å²) in [5.41, 5.74) is 0.739. The van der Waals surface area contributed by atoms with Crippen molar-refractivity contribution in [3.8, 4) is 0 Å². The second kappa shape index (κ2) is 6.05. The van der Waals surface area contributed by atoms with Gasteiger partial charge in [-0.1, -0.05) is 51.9 Å². The molecule has 1 aliphatic heterocycles. The molecule has 1 saturated heterocycles. The highest BCUT2D eigenvalue weighted by atomic mass is 15.0. The van der Waals surface area contributed by atoms with Crippen LogP contribution in [-0.2, 0) is 0 Å². The van der Waals surface area contributed by atoms with Crippen molar-refractivity contribution in [1.29, 1.82) is 0 Å². The lowest BCUT2D eigenvalue weighted by Crippen LogP contribution is -2.57. The maximum absolute atomic E-state index is 3.53. The summed E-state index contributed by atoms with van der Waals surface area (Å²) in [6.45, 7) is 4.95. The molecule has 1 aliphatic carbocycles. The van der Waals surface area contributed by atoms with Crippen molar-refractivity contribution < 1.29 is 0 Å². The predicted molar refractivity (Wildman–Crippen MR) is 70.6 cm³/mol. The molecular weight excluding hydrogens is 194 g/mol. The van der Waals surface area contributed by atoms with Crippen molar-refractivity contribution in [1.82, 2.24) is 5.32 Å². The van der Waals surface area contributed by atoms with E-state index in [2.05, 4.69) is 12.2 Å². The molecule has 1 N–H and O–H groups in total. The molecule has 1 nitrogen and oxygen atoms in total. The first-order valence-electron chi connectivity index (χ1n) is 7.58. The summed E-state index contributed by atoms with van der Waals surface area (Å²) in [5, 5.41) is 3.53. The summed E-state index contributed by atoms with van der Waals surface area (Å²) >= 11 is 0. The van der Waals surface area contributed by atoms with Crippen LogP contribution in [0.5, 0.6) is 0 Å². The maximum Gasteiger partial charge on any atom is 0.00229 e. The molecule has 0 aromatic rings. The summed E-state index contributed by atoms with van der Waals surface area (Å²) in [5.74, 6) is 1.07. The minimum atomic E-state index is 0.739. The summed E-state index contributed by atoms with van der Waals surface area (Å²) in [6.07, 6.45) is 14.8. The van der Waals surface area contributed by atoms with Crippen LogP contribution in [0, 0.1) is 11.3 Å². The molecule has 0 bridgehead atoms. The van der Waals surface area contributed by atoms with Crippen molar-refractivity contribution in [3.05, 3.63) is 0 Å². The molecule has 0 aromatic heterocycles. The average Bonchev–Trinajstić information content (AvgIpc) is 2.74. The highest BCUT2D eigenvalue weighted by Gasteiger charge is 2.43. The van der Waals surface area contributed by atoms with E-state index in [9.17, 15) is 0 Å². The number of hydrogen-bond acceptors (Lipinski definition) is 1. The van der Waals surface area contributed by atoms with Gasteiger partial charge in [0.1, 0.15) is 0 Å². The third kappa shape index (κ3) is 2.80. The van der Waals surface area contributed by atoms with Crippen molar-refractivity contribution in [3.63, 3.8) is 0 Å². The average molecular weight is 223 g/mol. The fourth-order valence-corrected chi connectivity index (χ4v) is 3.73. The van der Waals surface area contributed by atoms with E-state index in [1.54, 1.807) is 0 Å². The normalized spacial score (nSPS) is 24.6. The van der Waals surface area contributed by atoms with E-state index in [0.717, 1.165) is 11.3 Å². The van der Waals surface area contributed by atoms with E-state index in [-0.39, 0.29) is 0 Å². The highest BCUT2D eigenvalue weighted by molar-refractivity contribution is 4.98. The Morgan fingerprint density at radius 1 is 1.00 bits per heavy atom. The largest absolute Gasteiger partial charge is 0.316 e. The second-order valence-electron chi connectivity index (χ2n) is 6.11. The maximum atomic E-state index is 3.53. The minimum absolute atomic E-state index is 0.739. The molecule has 2 fully saturated rings. The smallest absolute Gasteiger partial charge is 0.00229 e. The van der Waals surface area contributed by atoms with Crippen molar-refractivity contribution in [2.24, 2.45) is 11.3 Å². The highest BCUT2D eigenvalue weighted by Crippen LogP contribution is 2.45. The molecule has 0 unspecified atom stereocenters. The molecule has 94 valence electrons. The molecule has 0 radical (unpaired) electrons. The third-order valence-corrected chi connectivity index (χ3v) is 4.95. The van der Waals surface area contributed by atoms with Crippen LogP contribution >= 0.6 is 0 Å². The summed E-state index contributed by atoms with van der Waals surface area (Å²) < 4.78 is 0. The van der Waals surface area contributed by atoms with Gasteiger partial charge < -0.3 is 5.32 Å². The van der Waals surface area contributed by atoms with Gasteiger partial charge in [0, 0.05) is 13.1 Å². The predicted octanol–water partition coefficient (Wildman–Crippen LogP) is 4.13. The first-order chi connectivity index (χ1) is 7.87. The monoisotopic (exact) mass is 223 g/mol. The summed E-state index contributed by atoms with van der Waals surface area (Å²) in [6, 6.07) is 0. The van der Waals surface area contributed by atoms with Crippen LogP contribution in [0.2, 0.25) is 0 Å². The molecule has 1 heterocycles. The molecule has 1 saturated carbocycles. The Morgan fingerprint density at radius 2 is 1.69 bits per heavy atom. The van der Waals surface area contributed by atoms with Gasteiger partial charge in [0.2, 0.25) is 0 Å². The minimum Gasteiger partial charge on any atom is -0.316 e. The van der Waals surface area contributed by atoms with E-state index in [0.29, 0.717) is 0 Å². The summed E-state index contributed by atoms with van der Waals surface area (Å²) in [7, 11) is 0. The lowest BCUT2D eigenvalue weighted by atomic mass is 9.66. The molecule has 1 heteroatoms. The zero-order chi connectivity index (χ0) is 11.3. The Morgan fingerprint density at radius 3 is 2.25 bits per heavy atom. The van der Waals surface area contributed by atoms with E-state index in [1.807, 2.05) is 0 Å². The van der Waals surface area contributed by atoms with Gasteiger partial charge in [-0.2, -0.15) is 0 Å². The zero-order valence-electron chi connectivity index (χ0n) is 11.1. The lowest BCUT2D eigenvalue weighted by Gasteiger charge is -2.48. The Hall–Kier alpha value is -0.0400. The number of nitrogens with one attached hydrogen (secondary N) is 1. The Kier molecular flexibility index (Phi) is 4.69. The Balaban J connectivity index is 1.68. The first kappa shape index (κ1) is 12.4. The van der Waals surface area contributed by atoms with Gasteiger partial charge in [-0.15, -0.1) is 0 Å². The Bertz CT molecular complexity index is 190. The van der Waals surface area contributed by atoms with Gasteiger partial charge in [0.05, 0.1) is 0 Å². The van der Waals surface area contributed by atoms with Crippen LogP contribution in [0.3, 0.4) is 0 Å². The topological polar surface area (TPSA) is 12.0 Å². The quantitative estimate of drug-likeness (QED) is 0.640. The fourth-order valence-electron chi connectivity index (χ4n) is 3.73. The first-order valence-corrected chi connectivity index (χ1v) is 7.58. The van der Waals surface area contributed by atoms with Crippen molar-refractivity contribution in [2.45, 2.75) is 71.1 Å². The van der Waals surface area contributed by atoms with E-state index in [1.165, 1.54) is 77.3 Å². The molecular formula is C15H29N. The molecule has 0 amide bonds. The van der Waals surface area contributed by atoms with Crippen LogP contribution in [0.25, 0.3) is 0 Å². The third-order valence-electron chi connectivity index (χ3n) is 4.95. The van der Waals surface area contributed by atoms with Gasteiger partial charge in [-0.25, -0.2) is 0 Å². The summed E-state index contributed by atoms with van der Waals surface area (Å²) in [4.78, 5) is 0. The number of rotatable bonds is 7. The number of unbranched alkanes of at least 4 members (excludes halogenated alkanes) is 4. The SMILES string of the molecule is CCCCCCCC1(C2CCCC2)CNC1. The van der Waals surface area contributed by atoms with Crippen molar-refractivity contribution in [2.75, 3.05) is 13.1 Å². The van der Waals surface area contributed by atoms with E-state index < -0.39 is 0 Å². The standard InChI is InChI=1S/C15H29N/c1-2-3-4-5-8-11-15(12-16-13-15)14-9-6-7-10-14/h14,16H,2-13H2,1H3. The van der Waals surface area contributed by atoms with Crippen LogP contribution in [-0.4, -0.2) is 13.1 Å². The van der Waals surface area contributed by atoms with Gasteiger partial charge >= 0.3 is 0 Å². The van der Waals surface area contributed by atoms with Crippen LogP contribution in [0.4, 0.5) is 0 Å². The molecule has 0 atom stereocenters. The van der Waals surface area contributed by atoms with Gasteiger partial charge in [0.25, 0.3) is 0 Å². The van der Waals surface area contributed by atoms with Gasteiger partial charge in [-0.05, 0) is 30.6 Å². The second-order valence-corrected chi connectivity index (χ2v) is 6.11. The van der Waals surface area contributed by atoms with Gasteiger partial charge in [0.15, 0.2) is 0 Å².